The maximum atomic E-state index is 12.4. The van der Waals surface area contributed by atoms with Crippen LogP contribution in [-0.4, -0.2) is 47.4 Å². The highest BCUT2D eigenvalue weighted by atomic mass is 16.5. The molecule has 65 heavy (non-hydrogen) atoms. The third-order valence-electron chi connectivity index (χ3n) is 13.5. The Morgan fingerprint density at radius 3 is 1.09 bits per heavy atom. The summed E-state index contributed by atoms with van der Waals surface area (Å²) < 4.78 is 5.48. The van der Waals surface area contributed by atoms with Crippen molar-refractivity contribution in [2.75, 3.05) is 13.2 Å². The van der Waals surface area contributed by atoms with Gasteiger partial charge in [-0.1, -0.05) is 269 Å². The summed E-state index contributed by atoms with van der Waals surface area (Å²) in [6, 6.07) is -0.628. The first-order chi connectivity index (χ1) is 32.0. The number of carbonyl (C=O) groups is 2. The minimum atomic E-state index is -0.844. The fourth-order valence-electron chi connectivity index (χ4n) is 8.98. The lowest BCUT2D eigenvalue weighted by atomic mass is 10.0. The van der Waals surface area contributed by atoms with Gasteiger partial charge in [-0.15, -0.1) is 0 Å². The van der Waals surface area contributed by atoms with Crippen molar-refractivity contribution in [2.24, 2.45) is 0 Å². The van der Waals surface area contributed by atoms with Crippen LogP contribution in [0.3, 0.4) is 0 Å². The first-order valence-corrected chi connectivity index (χ1v) is 29.1. The summed E-state index contributed by atoms with van der Waals surface area (Å²) in [6.07, 6.45) is 66.3. The summed E-state index contributed by atoms with van der Waals surface area (Å²) in [4.78, 5) is 24.5. The molecular formula is C59H113NO5. The van der Waals surface area contributed by atoms with Crippen molar-refractivity contribution in [2.45, 2.75) is 328 Å². The number of unbranched alkanes of at least 4 members (excludes halogenated alkanes) is 41. The minimum absolute atomic E-state index is 0.00257. The van der Waals surface area contributed by atoms with Gasteiger partial charge in [-0.2, -0.15) is 0 Å². The molecule has 0 bridgehead atoms. The number of nitrogens with one attached hydrogen (secondary N) is 1. The van der Waals surface area contributed by atoms with E-state index < -0.39 is 12.1 Å². The Bertz CT molecular complexity index is 1010. The van der Waals surface area contributed by atoms with Crippen molar-refractivity contribution in [3.05, 3.63) is 24.3 Å². The molecule has 0 saturated carbocycles. The fraction of sp³-hybridized carbons (Fsp3) is 0.898. The molecule has 0 spiro atoms. The maximum Gasteiger partial charge on any atom is 0.305 e. The van der Waals surface area contributed by atoms with Gasteiger partial charge in [0.25, 0.3) is 0 Å². The molecule has 6 nitrogen and oxygen atoms in total. The smallest absolute Gasteiger partial charge is 0.305 e. The van der Waals surface area contributed by atoms with Gasteiger partial charge < -0.3 is 20.3 Å². The number of hydrogen-bond donors (Lipinski definition) is 3. The van der Waals surface area contributed by atoms with E-state index in [0.717, 1.165) is 44.9 Å². The second-order valence-electron chi connectivity index (χ2n) is 20.0. The molecule has 0 fully saturated rings. The number of amides is 1. The molecule has 0 aliphatic rings. The Morgan fingerprint density at radius 2 is 0.723 bits per heavy atom. The predicted molar refractivity (Wildman–Crippen MR) is 283 cm³/mol. The van der Waals surface area contributed by atoms with Crippen LogP contribution >= 0.6 is 0 Å². The van der Waals surface area contributed by atoms with E-state index >= 15 is 0 Å². The summed E-state index contributed by atoms with van der Waals surface area (Å²) in [5, 5.41) is 23.0. The highest BCUT2D eigenvalue weighted by Crippen LogP contribution is 2.17. The number of esters is 1. The second-order valence-corrected chi connectivity index (χ2v) is 20.0. The number of hydrogen-bond acceptors (Lipinski definition) is 5. The first-order valence-electron chi connectivity index (χ1n) is 29.1. The van der Waals surface area contributed by atoms with Crippen LogP contribution in [0.25, 0.3) is 0 Å². The standard InChI is InChI=1S/C59H113NO5/c1-3-5-7-9-11-13-15-17-18-26-29-33-37-41-45-49-53-59(64)65-54-50-46-42-38-34-30-27-24-22-20-19-21-23-25-28-32-36-40-44-48-52-58(63)60-56(55-61)57(62)51-47-43-39-35-31-16-14-12-10-8-6-4-2/h18,26,47,51,56-57,61-62H,3-17,19-25,27-46,48-50,52-55H2,1-2H3,(H,60,63)/b26-18-,51-47+. The van der Waals surface area contributed by atoms with Gasteiger partial charge in [0, 0.05) is 12.8 Å². The number of allylic oxidation sites excluding steroid dienone is 3. The molecule has 0 aliphatic carbocycles. The van der Waals surface area contributed by atoms with Crippen LogP contribution in [0.1, 0.15) is 316 Å². The van der Waals surface area contributed by atoms with E-state index in [1.54, 1.807) is 6.08 Å². The van der Waals surface area contributed by atoms with Crippen molar-refractivity contribution in [3.8, 4) is 0 Å². The normalized spacial score (nSPS) is 12.7. The Balaban J connectivity index is 3.39. The summed E-state index contributed by atoms with van der Waals surface area (Å²) in [6.45, 7) is 4.89. The molecule has 0 aromatic heterocycles. The van der Waals surface area contributed by atoms with E-state index in [0.29, 0.717) is 19.4 Å². The SMILES string of the molecule is CCCCCCCCC/C=C\CCCCCCCC(=O)OCCCCCCCCCCCCCCCCCCCCCCC(=O)NC(CO)C(O)/C=C/CCCCCCCCCCCC. The van der Waals surface area contributed by atoms with Crippen molar-refractivity contribution in [1.29, 1.82) is 0 Å². The van der Waals surface area contributed by atoms with Crippen molar-refractivity contribution < 1.29 is 24.5 Å². The van der Waals surface area contributed by atoms with Crippen LogP contribution in [0.5, 0.6) is 0 Å². The van der Waals surface area contributed by atoms with E-state index in [1.165, 1.54) is 244 Å². The molecule has 3 N–H and O–H groups in total. The van der Waals surface area contributed by atoms with Gasteiger partial charge in [0.1, 0.15) is 0 Å². The van der Waals surface area contributed by atoms with E-state index in [2.05, 4.69) is 31.3 Å². The molecule has 0 rings (SSSR count). The lowest BCUT2D eigenvalue weighted by molar-refractivity contribution is -0.143. The molecule has 384 valence electrons. The summed E-state index contributed by atoms with van der Waals surface area (Å²) >= 11 is 0. The molecule has 2 unspecified atom stereocenters. The Labute approximate surface area is 405 Å². The zero-order valence-electron chi connectivity index (χ0n) is 43.7. The van der Waals surface area contributed by atoms with Gasteiger partial charge >= 0.3 is 5.97 Å². The van der Waals surface area contributed by atoms with Gasteiger partial charge in [0.05, 0.1) is 25.4 Å². The number of aliphatic hydroxyl groups is 2. The summed E-state index contributed by atoms with van der Waals surface area (Å²) in [5.74, 6) is -0.0675. The number of aliphatic hydroxyl groups excluding tert-OH is 2. The Morgan fingerprint density at radius 1 is 0.415 bits per heavy atom. The molecule has 1 amide bonds. The fourth-order valence-corrected chi connectivity index (χ4v) is 8.98. The third-order valence-corrected chi connectivity index (χ3v) is 13.5. The van der Waals surface area contributed by atoms with Crippen LogP contribution in [0.4, 0.5) is 0 Å². The number of carbonyl (C=O) groups excluding carboxylic acids is 2. The van der Waals surface area contributed by atoms with Crippen LogP contribution in [0, 0.1) is 0 Å². The van der Waals surface area contributed by atoms with E-state index in [-0.39, 0.29) is 18.5 Å². The molecule has 0 aromatic rings. The minimum Gasteiger partial charge on any atom is -0.466 e. The van der Waals surface area contributed by atoms with E-state index in [1.807, 2.05) is 6.08 Å². The summed E-state index contributed by atoms with van der Waals surface area (Å²) in [7, 11) is 0. The zero-order chi connectivity index (χ0) is 47.2. The molecule has 0 radical (unpaired) electrons. The van der Waals surface area contributed by atoms with Crippen LogP contribution in [0.15, 0.2) is 24.3 Å². The topological polar surface area (TPSA) is 95.9 Å². The van der Waals surface area contributed by atoms with Crippen molar-refractivity contribution >= 4 is 11.9 Å². The first kappa shape index (κ1) is 63.3. The number of ether oxygens (including phenoxy) is 1. The van der Waals surface area contributed by atoms with Gasteiger partial charge in [0.2, 0.25) is 5.91 Å². The Hall–Kier alpha value is -1.66. The zero-order valence-corrected chi connectivity index (χ0v) is 43.7. The highest BCUT2D eigenvalue weighted by Gasteiger charge is 2.18. The molecule has 0 heterocycles. The highest BCUT2D eigenvalue weighted by molar-refractivity contribution is 5.76. The van der Waals surface area contributed by atoms with Crippen molar-refractivity contribution in [1.82, 2.24) is 5.32 Å². The lowest BCUT2D eigenvalue weighted by Crippen LogP contribution is -2.45. The molecule has 2 atom stereocenters. The third kappa shape index (κ3) is 51.6. The monoisotopic (exact) mass is 916 g/mol. The lowest BCUT2D eigenvalue weighted by Gasteiger charge is -2.20. The van der Waals surface area contributed by atoms with Gasteiger partial charge in [-0.25, -0.2) is 0 Å². The molecule has 6 heteroatoms. The summed E-state index contributed by atoms with van der Waals surface area (Å²) in [5.41, 5.74) is 0. The molecule has 0 aromatic carbocycles. The van der Waals surface area contributed by atoms with Gasteiger partial charge in [-0.3, -0.25) is 9.59 Å². The van der Waals surface area contributed by atoms with E-state index in [9.17, 15) is 19.8 Å². The van der Waals surface area contributed by atoms with Crippen LogP contribution in [0.2, 0.25) is 0 Å². The largest absolute Gasteiger partial charge is 0.466 e. The molecule has 0 aliphatic heterocycles. The average molecular weight is 917 g/mol. The van der Waals surface area contributed by atoms with Gasteiger partial charge in [0.15, 0.2) is 0 Å². The quantitative estimate of drug-likeness (QED) is 0.0321. The van der Waals surface area contributed by atoms with Crippen molar-refractivity contribution in [3.63, 3.8) is 0 Å². The average Bonchev–Trinajstić information content (AvgIpc) is 3.31. The molecule has 0 saturated heterocycles. The Kier molecular flexibility index (Phi) is 53.5. The maximum absolute atomic E-state index is 12.4. The second kappa shape index (κ2) is 54.9. The molecular weight excluding hydrogens is 803 g/mol. The van der Waals surface area contributed by atoms with Crippen LogP contribution in [-0.2, 0) is 14.3 Å². The van der Waals surface area contributed by atoms with E-state index in [4.69, 9.17) is 4.74 Å². The van der Waals surface area contributed by atoms with Gasteiger partial charge in [-0.05, 0) is 57.8 Å². The number of rotatable bonds is 54. The predicted octanol–water partition coefficient (Wildman–Crippen LogP) is 17.9. The van der Waals surface area contributed by atoms with Crippen LogP contribution < -0.4 is 5.32 Å².